The highest BCUT2D eigenvalue weighted by atomic mass is 15.2. The zero-order chi connectivity index (χ0) is 27.0. The van der Waals surface area contributed by atoms with E-state index in [0.29, 0.717) is 0 Å². The van der Waals surface area contributed by atoms with Gasteiger partial charge in [-0.1, -0.05) is 31.4 Å². The number of nitrogens with zero attached hydrogens (tertiary/aromatic N) is 6. The minimum absolute atomic E-state index is 0.813. The summed E-state index contributed by atoms with van der Waals surface area (Å²) in [4.78, 5) is 20.1. The number of fused-ring (bicyclic) bond motifs is 1. The molecule has 0 amide bonds. The molecule has 5 rings (SSSR count). The Kier molecular flexibility index (Phi) is 9.45. The second-order valence-electron chi connectivity index (χ2n) is 11.1. The molecule has 0 spiro atoms. The fraction of sp³-hybridized carbons (Fsp3) is 0.500. The molecular formula is C32H45N7. The highest BCUT2D eigenvalue weighted by molar-refractivity contribution is 5.63. The predicted molar refractivity (Wildman–Crippen MR) is 163 cm³/mol. The van der Waals surface area contributed by atoms with Gasteiger partial charge in [0.1, 0.15) is 5.82 Å². The van der Waals surface area contributed by atoms with Crippen LogP contribution < -0.4 is 10.2 Å². The van der Waals surface area contributed by atoms with Gasteiger partial charge in [-0.15, -0.1) is 0 Å². The second-order valence-corrected chi connectivity index (χ2v) is 11.1. The number of likely N-dealkylation sites (N-methyl/N-ethyl adjacent to an activating group) is 1. The maximum atomic E-state index is 5.13. The number of hydrogen-bond acceptors (Lipinski definition) is 7. The summed E-state index contributed by atoms with van der Waals surface area (Å²) < 4.78 is 0. The lowest BCUT2D eigenvalue weighted by Gasteiger charge is -2.34. The Morgan fingerprint density at radius 2 is 1.72 bits per heavy atom. The zero-order valence-corrected chi connectivity index (χ0v) is 23.7. The summed E-state index contributed by atoms with van der Waals surface area (Å²) in [6.07, 6.45) is 10.6. The average Bonchev–Trinajstić information content (AvgIpc) is 3.49. The van der Waals surface area contributed by atoms with Gasteiger partial charge in [0.05, 0.1) is 5.69 Å². The molecule has 0 atom stereocenters. The van der Waals surface area contributed by atoms with Crippen molar-refractivity contribution in [3.63, 3.8) is 0 Å². The monoisotopic (exact) mass is 527 g/mol. The highest BCUT2D eigenvalue weighted by Gasteiger charge is 2.23. The largest absolute Gasteiger partial charge is 0.370 e. The molecule has 0 aliphatic carbocycles. The summed E-state index contributed by atoms with van der Waals surface area (Å²) in [6, 6.07) is 8.84. The number of allylic oxidation sites excluding steroid dienone is 2. The minimum atomic E-state index is 0.813. The number of rotatable bonds is 11. The first-order valence-corrected chi connectivity index (χ1v) is 14.7. The normalized spacial score (nSPS) is 19.2. The van der Waals surface area contributed by atoms with E-state index in [-0.39, 0.29) is 0 Å². The molecule has 7 nitrogen and oxygen atoms in total. The Morgan fingerprint density at radius 1 is 0.949 bits per heavy atom. The molecule has 208 valence electrons. The molecule has 3 aliphatic heterocycles. The first-order valence-electron chi connectivity index (χ1n) is 14.7. The Morgan fingerprint density at radius 3 is 2.44 bits per heavy atom. The molecule has 0 bridgehead atoms. The van der Waals surface area contributed by atoms with E-state index in [1.807, 2.05) is 18.2 Å². The van der Waals surface area contributed by atoms with Gasteiger partial charge in [0.25, 0.3) is 0 Å². The van der Waals surface area contributed by atoms with Gasteiger partial charge >= 0.3 is 0 Å². The first kappa shape index (κ1) is 27.6. The summed E-state index contributed by atoms with van der Waals surface area (Å²) in [5.74, 6) is 1.83. The number of hydrogen-bond donors (Lipinski definition) is 1. The van der Waals surface area contributed by atoms with Crippen molar-refractivity contribution in [3.05, 3.63) is 72.5 Å². The molecular weight excluding hydrogens is 482 g/mol. The number of likely N-dealkylation sites (tertiary alicyclic amines) is 1. The van der Waals surface area contributed by atoms with E-state index in [4.69, 9.17) is 9.97 Å². The third kappa shape index (κ3) is 7.15. The molecule has 3 aliphatic rings. The summed E-state index contributed by atoms with van der Waals surface area (Å²) in [5.41, 5.74) is 5.95. The van der Waals surface area contributed by atoms with Crippen LogP contribution in [0.2, 0.25) is 0 Å². The van der Waals surface area contributed by atoms with Crippen molar-refractivity contribution in [2.24, 2.45) is 0 Å². The molecule has 2 saturated heterocycles. The molecule has 7 heteroatoms. The van der Waals surface area contributed by atoms with Crippen molar-refractivity contribution in [2.45, 2.75) is 32.2 Å². The Balaban J connectivity index is 1.34. The standard InChI is InChI=1S/C32H45N7/c1-4-9-26(5-2)24-38-19-14-29-30(25-38)34-31(35-32(29)33-15-8-18-37-16-6-7-17-37)27-10-12-28(13-11-27)39-22-20-36(3)21-23-39/h4-5,9-13H,1-2,6-8,14-25H2,3H3,(H,33,34,35)/b26-9+. The van der Waals surface area contributed by atoms with Gasteiger partial charge in [0, 0.05) is 69.2 Å². The molecule has 2 fully saturated rings. The van der Waals surface area contributed by atoms with E-state index in [2.05, 4.69) is 69.4 Å². The Bertz CT molecular complexity index is 1140. The Labute approximate surface area is 234 Å². The van der Waals surface area contributed by atoms with Crippen LogP contribution in [-0.2, 0) is 13.0 Å². The van der Waals surface area contributed by atoms with Gasteiger partial charge in [-0.05, 0) is 82.2 Å². The van der Waals surface area contributed by atoms with E-state index in [0.717, 1.165) is 94.6 Å². The van der Waals surface area contributed by atoms with Crippen molar-refractivity contribution in [2.75, 3.05) is 82.7 Å². The van der Waals surface area contributed by atoms with Crippen molar-refractivity contribution >= 4 is 11.5 Å². The molecule has 1 aromatic carbocycles. The maximum absolute atomic E-state index is 5.13. The Hall–Kier alpha value is -3.00. The highest BCUT2D eigenvalue weighted by Crippen LogP contribution is 2.29. The van der Waals surface area contributed by atoms with E-state index < -0.39 is 0 Å². The molecule has 0 unspecified atom stereocenters. The lowest BCUT2D eigenvalue weighted by atomic mass is 10.0. The van der Waals surface area contributed by atoms with E-state index in [1.54, 1.807) is 0 Å². The van der Waals surface area contributed by atoms with Crippen LogP contribution in [0.5, 0.6) is 0 Å². The molecule has 39 heavy (non-hydrogen) atoms. The number of nitrogens with one attached hydrogen (secondary N) is 1. The van der Waals surface area contributed by atoms with Gasteiger partial charge in [-0.3, -0.25) is 4.90 Å². The SMILES string of the molecule is C=C/C=C(\C=C)CN1CCc2c(nc(-c3ccc(N4CCN(C)CC4)cc3)nc2NCCCN2CCCC2)C1. The summed E-state index contributed by atoms with van der Waals surface area (Å²) in [5, 5.41) is 3.71. The van der Waals surface area contributed by atoms with Crippen LogP contribution in [-0.4, -0.2) is 97.2 Å². The van der Waals surface area contributed by atoms with E-state index >= 15 is 0 Å². The topological polar surface area (TPSA) is 50.8 Å². The fourth-order valence-electron chi connectivity index (χ4n) is 5.89. The first-order chi connectivity index (χ1) is 19.1. The number of anilines is 2. The van der Waals surface area contributed by atoms with Crippen LogP contribution in [0.4, 0.5) is 11.5 Å². The van der Waals surface area contributed by atoms with Crippen LogP contribution in [0.3, 0.4) is 0 Å². The number of benzene rings is 1. The van der Waals surface area contributed by atoms with E-state index in [1.165, 1.54) is 42.8 Å². The van der Waals surface area contributed by atoms with Crippen molar-refractivity contribution in [1.82, 2.24) is 24.7 Å². The van der Waals surface area contributed by atoms with Gasteiger partial charge < -0.3 is 20.0 Å². The molecule has 1 N–H and O–H groups in total. The molecule has 0 saturated carbocycles. The summed E-state index contributed by atoms with van der Waals surface area (Å²) >= 11 is 0. The third-order valence-electron chi connectivity index (χ3n) is 8.28. The van der Waals surface area contributed by atoms with Gasteiger partial charge in [0.2, 0.25) is 0 Å². The van der Waals surface area contributed by atoms with E-state index in [9.17, 15) is 0 Å². The molecule has 2 aromatic rings. The maximum Gasteiger partial charge on any atom is 0.161 e. The smallest absolute Gasteiger partial charge is 0.161 e. The van der Waals surface area contributed by atoms with Crippen molar-refractivity contribution < 1.29 is 0 Å². The van der Waals surface area contributed by atoms with Crippen LogP contribution in [0.25, 0.3) is 11.4 Å². The second kappa shape index (κ2) is 13.4. The number of piperazine rings is 1. The van der Waals surface area contributed by atoms with Crippen LogP contribution >= 0.6 is 0 Å². The summed E-state index contributed by atoms with van der Waals surface area (Å²) in [6.45, 7) is 19.4. The molecule has 1 aromatic heterocycles. The molecule has 0 radical (unpaired) electrons. The lowest BCUT2D eigenvalue weighted by molar-refractivity contribution is 0.273. The quantitative estimate of drug-likeness (QED) is 0.342. The van der Waals surface area contributed by atoms with Crippen molar-refractivity contribution in [3.8, 4) is 11.4 Å². The minimum Gasteiger partial charge on any atom is -0.370 e. The van der Waals surface area contributed by atoms with Gasteiger partial charge in [-0.2, -0.15) is 0 Å². The lowest BCUT2D eigenvalue weighted by Crippen LogP contribution is -2.44. The van der Waals surface area contributed by atoms with Crippen molar-refractivity contribution in [1.29, 1.82) is 0 Å². The van der Waals surface area contributed by atoms with Crippen LogP contribution in [0.15, 0.2) is 61.2 Å². The van der Waals surface area contributed by atoms with Crippen LogP contribution in [0, 0.1) is 0 Å². The average molecular weight is 528 g/mol. The number of aromatic nitrogens is 2. The van der Waals surface area contributed by atoms with Gasteiger partial charge in [0.15, 0.2) is 5.82 Å². The zero-order valence-electron chi connectivity index (χ0n) is 23.7. The van der Waals surface area contributed by atoms with Gasteiger partial charge in [-0.25, -0.2) is 9.97 Å². The summed E-state index contributed by atoms with van der Waals surface area (Å²) in [7, 11) is 2.20. The fourth-order valence-corrected chi connectivity index (χ4v) is 5.89. The predicted octanol–water partition coefficient (Wildman–Crippen LogP) is 4.45. The third-order valence-corrected chi connectivity index (χ3v) is 8.28. The molecule has 4 heterocycles. The van der Waals surface area contributed by atoms with Crippen LogP contribution in [0.1, 0.15) is 30.5 Å².